The third-order valence-corrected chi connectivity index (χ3v) is 5.61. The number of nitrogens with one attached hydrogen (secondary N) is 1. The van der Waals surface area contributed by atoms with Gasteiger partial charge in [-0.1, -0.05) is 48.2 Å². The molecule has 0 aliphatic rings. The summed E-state index contributed by atoms with van der Waals surface area (Å²) in [4.78, 5) is 21.8. The van der Waals surface area contributed by atoms with Crippen molar-refractivity contribution in [1.82, 2.24) is 15.3 Å². The predicted octanol–water partition coefficient (Wildman–Crippen LogP) is 4.02. The normalized spacial score (nSPS) is 10.7. The number of hydrogen-bond acceptors (Lipinski definition) is 5. The van der Waals surface area contributed by atoms with Crippen molar-refractivity contribution < 1.29 is 4.79 Å². The van der Waals surface area contributed by atoms with Gasteiger partial charge in [0.2, 0.25) is 5.91 Å². The van der Waals surface area contributed by atoms with E-state index in [-0.39, 0.29) is 5.91 Å². The highest BCUT2D eigenvalue weighted by Crippen LogP contribution is 2.23. The molecule has 0 saturated carbocycles. The average molecular weight is 370 g/mol. The van der Waals surface area contributed by atoms with E-state index in [1.165, 1.54) is 16.7 Å². The molecule has 1 N–H and O–H groups in total. The molecule has 2 aromatic carbocycles. The molecular weight excluding hydrogens is 350 g/mol. The fraction of sp³-hybridized carbons (Fsp3) is 0.211. The van der Waals surface area contributed by atoms with E-state index in [2.05, 4.69) is 27.4 Å². The Bertz CT molecular complexity index is 822. The van der Waals surface area contributed by atoms with E-state index in [1.807, 2.05) is 54.2 Å². The second kappa shape index (κ2) is 9.44. The molecule has 1 aromatic heterocycles. The fourth-order valence-corrected chi connectivity index (χ4v) is 3.98. The monoisotopic (exact) mass is 369 g/mol. The zero-order chi connectivity index (χ0) is 17.3. The van der Waals surface area contributed by atoms with Gasteiger partial charge in [0.15, 0.2) is 0 Å². The summed E-state index contributed by atoms with van der Waals surface area (Å²) in [6.07, 6.45) is 2.50. The highest BCUT2D eigenvalue weighted by molar-refractivity contribution is 8.00. The largest absolute Gasteiger partial charge is 0.355 e. The summed E-state index contributed by atoms with van der Waals surface area (Å²) in [7, 11) is 0. The molecule has 0 aliphatic carbocycles. The molecule has 3 rings (SSSR count). The van der Waals surface area contributed by atoms with Gasteiger partial charge in [-0.3, -0.25) is 4.79 Å². The maximum Gasteiger partial charge on any atom is 0.230 e. The van der Waals surface area contributed by atoms with E-state index in [9.17, 15) is 4.79 Å². The molecule has 0 bridgehead atoms. The Morgan fingerprint density at radius 2 is 1.76 bits per heavy atom. The minimum atomic E-state index is 0.0393. The van der Waals surface area contributed by atoms with Gasteiger partial charge in [-0.25, -0.2) is 9.97 Å². The molecule has 25 heavy (non-hydrogen) atoms. The van der Waals surface area contributed by atoms with Gasteiger partial charge >= 0.3 is 0 Å². The number of carbonyl (C=O) groups excluding carboxylic acids is 1. The van der Waals surface area contributed by atoms with Crippen LogP contribution in [0.1, 0.15) is 6.42 Å². The van der Waals surface area contributed by atoms with Crippen LogP contribution in [0.15, 0.2) is 70.8 Å². The highest BCUT2D eigenvalue weighted by Gasteiger charge is 2.07. The van der Waals surface area contributed by atoms with Gasteiger partial charge in [-0.05, 0) is 30.4 Å². The Morgan fingerprint density at radius 3 is 2.64 bits per heavy atom. The lowest BCUT2D eigenvalue weighted by atomic mass is 10.2. The van der Waals surface area contributed by atoms with Crippen molar-refractivity contribution in [3.8, 4) is 0 Å². The Morgan fingerprint density at radius 1 is 0.960 bits per heavy atom. The standard InChI is InChI=1S/C19H19N3OS2/c23-18(20-11-6-12-24-15-7-2-1-3-8-15)13-25-19-16-9-4-5-10-17(16)21-14-22-19/h1-5,7-10,14H,6,11-13H2,(H,20,23). The van der Waals surface area contributed by atoms with Crippen LogP contribution in [0.4, 0.5) is 0 Å². The molecule has 128 valence electrons. The van der Waals surface area contributed by atoms with Crippen molar-refractivity contribution in [2.75, 3.05) is 18.1 Å². The topological polar surface area (TPSA) is 54.9 Å². The summed E-state index contributed by atoms with van der Waals surface area (Å²) < 4.78 is 0. The molecule has 6 heteroatoms. The molecule has 0 aliphatic heterocycles. The minimum Gasteiger partial charge on any atom is -0.355 e. The van der Waals surface area contributed by atoms with Gasteiger partial charge in [-0.2, -0.15) is 0 Å². The summed E-state index contributed by atoms with van der Waals surface area (Å²) in [5.74, 6) is 1.40. The van der Waals surface area contributed by atoms with Crippen molar-refractivity contribution in [1.29, 1.82) is 0 Å². The molecule has 0 spiro atoms. The van der Waals surface area contributed by atoms with Crippen molar-refractivity contribution in [2.45, 2.75) is 16.3 Å². The summed E-state index contributed by atoms with van der Waals surface area (Å²) in [6.45, 7) is 0.698. The third-order valence-electron chi connectivity index (χ3n) is 3.50. The second-order valence-electron chi connectivity index (χ2n) is 5.35. The number of para-hydroxylation sites is 1. The average Bonchev–Trinajstić information content (AvgIpc) is 2.67. The third kappa shape index (κ3) is 5.47. The van der Waals surface area contributed by atoms with Gasteiger partial charge in [0.05, 0.1) is 11.3 Å². The molecule has 0 atom stereocenters. The first-order valence-corrected chi connectivity index (χ1v) is 10.1. The number of hydrogen-bond donors (Lipinski definition) is 1. The van der Waals surface area contributed by atoms with Crippen LogP contribution in [0, 0.1) is 0 Å². The molecule has 1 heterocycles. The number of benzene rings is 2. The summed E-state index contributed by atoms with van der Waals surface area (Å²) in [5.41, 5.74) is 0.901. The Balaban J connectivity index is 1.38. The summed E-state index contributed by atoms with van der Waals surface area (Å²) in [6, 6.07) is 18.1. The molecule has 0 unspecified atom stereocenters. The van der Waals surface area contributed by atoms with E-state index >= 15 is 0 Å². The first-order valence-electron chi connectivity index (χ1n) is 8.10. The Labute approximate surface area is 155 Å². The van der Waals surface area contributed by atoms with Crippen molar-refractivity contribution in [3.05, 3.63) is 60.9 Å². The van der Waals surface area contributed by atoms with Crippen LogP contribution in [0.5, 0.6) is 0 Å². The zero-order valence-corrected chi connectivity index (χ0v) is 15.4. The lowest BCUT2D eigenvalue weighted by Crippen LogP contribution is -2.26. The first-order chi connectivity index (χ1) is 12.3. The van der Waals surface area contributed by atoms with Crippen LogP contribution in [0.25, 0.3) is 10.9 Å². The highest BCUT2D eigenvalue weighted by atomic mass is 32.2. The molecule has 1 amide bonds. The SMILES string of the molecule is O=C(CSc1ncnc2ccccc12)NCCCSc1ccccc1. The quantitative estimate of drug-likeness (QED) is 0.369. The van der Waals surface area contributed by atoms with Crippen molar-refractivity contribution >= 4 is 40.3 Å². The smallest absolute Gasteiger partial charge is 0.230 e. The lowest BCUT2D eigenvalue weighted by molar-refractivity contribution is -0.118. The number of rotatable bonds is 8. The van der Waals surface area contributed by atoms with Gasteiger partial charge in [-0.15, -0.1) is 11.8 Å². The summed E-state index contributed by atoms with van der Waals surface area (Å²) in [5, 5.41) is 4.81. The number of carbonyl (C=O) groups is 1. The summed E-state index contributed by atoms with van der Waals surface area (Å²) >= 11 is 3.26. The van der Waals surface area contributed by atoms with Crippen LogP contribution in [-0.2, 0) is 4.79 Å². The van der Waals surface area contributed by atoms with Gasteiger partial charge < -0.3 is 5.32 Å². The number of nitrogens with zero attached hydrogens (tertiary/aromatic N) is 2. The number of thioether (sulfide) groups is 2. The van der Waals surface area contributed by atoms with Crippen LogP contribution >= 0.6 is 23.5 Å². The molecule has 0 radical (unpaired) electrons. The van der Waals surface area contributed by atoms with Crippen LogP contribution in [0.3, 0.4) is 0 Å². The van der Waals surface area contributed by atoms with Gasteiger partial charge in [0.25, 0.3) is 0 Å². The number of aromatic nitrogens is 2. The zero-order valence-electron chi connectivity index (χ0n) is 13.7. The molecule has 3 aromatic rings. The van der Waals surface area contributed by atoms with Crippen LogP contribution in [0.2, 0.25) is 0 Å². The van der Waals surface area contributed by atoms with Crippen LogP contribution in [-0.4, -0.2) is 33.9 Å². The van der Waals surface area contributed by atoms with Crippen LogP contribution < -0.4 is 5.32 Å². The minimum absolute atomic E-state index is 0.0393. The van der Waals surface area contributed by atoms with Gasteiger partial charge in [0, 0.05) is 16.8 Å². The second-order valence-corrected chi connectivity index (χ2v) is 7.48. The Kier molecular flexibility index (Phi) is 6.71. The molecular formula is C19H19N3OS2. The van der Waals surface area contributed by atoms with E-state index in [4.69, 9.17) is 0 Å². The fourth-order valence-electron chi connectivity index (χ4n) is 2.29. The van der Waals surface area contributed by atoms with Crippen molar-refractivity contribution in [2.24, 2.45) is 0 Å². The lowest BCUT2D eigenvalue weighted by Gasteiger charge is -2.06. The number of fused-ring (bicyclic) bond motifs is 1. The van der Waals surface area contributed by atoms with Gasteiger partial charge in [0.1, 0.15) is 11.4 Å². The maximum absolute atomic E-state index is 12.0. The van der Waals surface area contributed by atoms with E-state index in [0.29, 0.717) is 12.3 Å². The number of amides is 1. The maximum atomic E-state index is 12.0. The predicted molar refractivity (Wildman–Crippen MR) is 105 cm³/mol. The van der Waals surface area contributed by atoms with E-state index in [1.54, 1.807) is 6.33 Å². The molecule has 0 fully saturated rings. The van der Waals surface area contributed by atoms with E-state index < -0.39 is 0 Å². The van der Waals surface area contributed by atoms with Crippen molar-refractivity contribution in [3.63, 3.8) is 0 Å². The first kappa shape index (κ1) is 17.8. The molecule has 4 nitrogen and oxygen atoms in total. The Hall–Kier alpha value is -2.05. The molecule has 0 saturated heterocycles. The van der Waals surface area contributed by atoms with E-state index in [0.717, 1.165) is 28.1 Å².